The Hall–Kier alpha value is -1.06. The van der Waals surface area contributed by atoms with Crippen LogP contribution in [0.15, 0.2) is 39.4 Å². The standard InChI is InChI=1S/C17H22BrNO/c1-4-8-19-16(17-15(18)7-9-20-17)11-14-10-12(2)5-6-13(14)3/h5-7,9-10,16,19H,4,8,11H2,1-3H3. The molecule has 1 N–H and O–H groups in total. The van der Waals surface area contributed by atoms with Crippen molar-refractivity contribution in [2.24, 2.45) is 0 Å². The first-order valence-electron chi connectivity index (χ1n) is 7.14. The van der Waals surface area contributed by atoms with Gasteiger partial charge in [0.25, 0.3) is 0 Å². The Labute approximate surface area is 129 Å². The number of benzene rings is 1. The van der Waals surface area contributed by atoms with Gasteiger partial charge in [0.1, 0.15) is 5.76 Å². The molecule has 2 aromatic rings. The van der Waals surface area contributed by atoms with Crippen molar-refractivity contribution in [3.63, 3.8) is 0 Å². The fourth-order valence-electron chi connectivity index (χ4n) is 2.37. The van der Waals surface area contributed by atoms with E-state index < -0.39 is 0 Å². The van der Waals surface area contributed by atoms with E-state index in [-0.39, 0.29) is 6.04 Å². The molecule has 1 aromatic heterocycles. The first-order valence-corrected chi connectivity index (χ1v) is 7.93. The minimum Gasteiger partial charge on any atom is -0.466 e. The average molecular weight is 336 g/mol. The van der Waals surface area contributed by atoms with E-state index in [1.54, 1.807) is 6.26 Å². The van der Waals surface area contributed by atoms with Crippen molar-refractivity contribution in [1.82, 2.24) is 5.32 Å². The highest BCUT2D eigenvalue weighted by Crippen LogP contribution is 2.28. The Kier molecular flexibility index (Phi) is 5.44. The summed E-state index contributed by atoms with van der Waals surface area (Å²) in [4.78, 5) is 0. The summed E-state index contributed by atoms with van der Waals surface area (Å²) in [5, 5.41) is 3.58. The summed E-state index contributed by atoms with van der Waals surface area (Å²) in [6.07, 6.45) is 3.80. The van der Waals surface area contributed by atoms with Gasteiger partial charge in [0.2, 0.25) is 0 Å². The highest BCUT2D eigenvalue weighted by molar-refractivity contribution is 9.10. The zero-order valence-corrected chi connectivity index (χ0v) is 14.0. The van der Waals surface area contributed by atoms with Gasteiger partial charge in [0.05, 0.1) is 16.8 Å². The van der Waals surface area contributed by atoms with Crippen LogP contribution in [0.3, 0.4) is 0 Å². The number of hydrogen-bond donors (Lipinski definition) is 1. The lowest BCUT2D eigenvalue weighted by Gasteiger charge is -2.18. The topological polar surface area (TPSA) is 25.2 Å². The summed E-state index contributed by atoms with van der Waals surface area (Å²) in [7, 11) is 0. The minimum absolute atomic E-state index is 0.208. The molecule has 0 bridgehead atoms. The molecular weight excluding hydrogens is 314 g/mol. The van der Waals surface area contributed by atoms with Crippen LogP contribution in [0.2, 0.25) is 0 Å². The highest BCUT2D eigenvalue weighted by atomic mass is 79.9. The lowest BCUT2D eigenvalue weighted by atomic mass is 9.97. The number of hydrogen-bond acceptors (Lipinski definition) is 2. The van der Waals surface area contributed by atoms with Crippen molar-refractivity contribution in [2.45, 2.75) is 39.7 Å². The van der Waals surface area contributed by atoms with E-state index in [2.05, 4.69) is 60.2 Å². The Bertz CT molecular complexity index is 562. The molecule has 108 valence electrons. The Morgan fingerprint density at radius 1 is 1.25 bits per heavy atom. The molecule has 0 saturated carbocycles. The van der Waals surface area contributed by atoms with Crippen molar-refractivity contribution in [2.75, 3.05) is 6.54 Å². The molecule has 0 aliphatic carbocycles. The molecule has 0 aliphatic heterocycles. The van der Waals surface area contributed by atoms with Crippen molar-refractivity contribution in [1.29, 1.82) is 0 Å². The van der Waals surface area contributed by atoms with Gasteiger partial charge >= 0.3 is 0 Å². The second-order valence-electron chi connectivity index (χ2n) is 5.27. The number of nitrogens with one attached hydrogen (secondary N) is 1. The molecule has 0 aliphatic rings. The van der Waals surface area contributed by atoms with Gasteiger partial charge < -0.3 is 9.73 Å². The summed E-state index contributed by atoms with van der Waals surface area (Å²) in [5.74, 6) is 0.986. The van der Waals surface area contributed by atoms with Crippen LogP contribution in [0.1, 0.15) is 41.8 Å². The van der Waals surface area contributed by atoms with Gasteiger partial charge in [-0.15, -0.1) is 0 Å². The van der Waals surface area contributed by atoms with Gasteiger partial charge in [-0.1, -0.05) is 30.7 Å². The maximum atomic E-state index is 5.66. The number of aryl methyl sites for hydroxylation is 2. The smallest absolute Gasteiger partial charge is 0.135 e. The molecule has 20 heavy (non-hydrogen) atoms. The molecule has 2 nitrogen and oxygen atoms in total. The SMILES string of the molecule is CCCNC(Cc1cc(C)ccc1C)c1occc1Br. The predicted octanol–water partition coefficient (Wildman–Crippen LogP) is 4.94. The minimum atomic E-state index is 0.208. The molecule has 2 rings (SSSR count). The summed E-state index contributed by atoms with van der Waals surface area (Å²) in [6.45, 7) is 7.48. The van der Waals surface area contributed by atoms with Gasteiger partial charge in [-0.2, -0.15) is 0 Å². The fraction of sp³-hybridized carbons (Fsp3) is 0.412. The monoisotopic (exact) mass is 335 g/mol. The van der Waals surface area contributed by atoms with E-state index in [4.69, 9.17) is 4.42 Å². The summed E-state index contributed by atoms with van der Waals surface area (Å²) >= 11 is 3.57. The molecule has 1 atom stereocenters. The van der Waals surface area contributed by atoms with Gasteiger partial charge in [-0.3, -0.25) is 0 Å². The molecule has 0 spiro atoms. The van der Waals surface area contributed by atoms with Gasteiger partial charge in [0.15, 0.2) is 0 Å². The van der Waals surface area contributed by atoms with Gasteiger partial charge in [-0.05, 0) is 66.4 Å². The molecule has 0 fully saturated rings. The van der Waals surface area contributed by atoms with Crippen molar-refractivity contribution in [3.8, 4) is 0 Å². The Morgan fingerprint density at radius 3 is 2.70 bits per heavy atom. The molecule has 0 saturated heterocycles. The van der Waals surface area contributed by atoms with Gasteiger partial charge in [-0.25, -0.2) is 0 Å². The second-order valence-corrected chi connectivity index (χ2v) is 6.13. The van der Waals surface area contributed by atoms with E-state index in [1.165, 1.54) is 16.7 Å². The largest absolute Gasteiger partial charge is 0.466 e. The molecule has 3 heteroatoms. The van der Waals surface area contributed by atoms with Crippen LogP contribution < -0.4 is 5.32 Å². The average Bonchev–Trinajstić information content (AvgIpc) is 2.84. The quantitative estimate of drug-likeness (QED) is 0.808. The lowest BCUT2D eigenvalue weighted by molar-refractivity contribution is 0.408. The van der Waals surface area contributed by atoms with E-state index in [0.29, 0.717) is 0 Å². The highest BCUT2D eigenvalue weighted by Gasteiger charge is 2.18. The van der Waals surface area contributed by atoms with E-state index >= 15 is 0 Å². The molecular formula is C17H22BrNO. The first-order chi connectivity index (χ1) is 9.61. The van der Waals surface area contributed by atoms with E-state index in [0.717, 1.165) is 29.6 Å². The number of halogens is 1. The number of furan rings is 1. The van der Waals surface area contributed by atoms with Crippen molar-refractivity contribution < 1.29 is 4.42 Å². The first kappa shape index (κ1) is 15.3. The van der Waals surface area contributed by atoms with Crippen LogP contribution in [-0.2, 0) is 6.42 Å². The van der Waals surface area contributed by atoms with E-state index in [1.807, 2.05) is 6.07 Å². The second kappa shape index (κ2) is 7.09. The third-order valence-electron chi connectivity index (χ3n) is 3.53. The molecule has 0 amide bonds. The maximum absolute atomic E-state index is 5.66. The summed E-state index contributed by atoms with van der Waals surface area (Å²) in [6, 6.07) is 8.79. The third kappa shape index (κ3) is 3.74. The van der Waals surface area contributed by atoms with Crippen molar-refractivity contribution in [3.05, 3.63) is 57.5 Å². The van der Waals surface area contributed by atoms with Crippen LogP contribution in [0, 0.1) is 13.8 Å². The Morgan fingerprint density at radius 2 is 2.05 bits per heavy atom. The van der Waals surface area contributed by atoms with Gasteiger partial charge in [0, 0.05) is 0 Å². The van der Waals surface area contributed by atoms with Crippen LogP contribution in [-0.4, -0.2) is 6.54 Å². The van der Waals surface area contributed by atoms with Crippen LogP contribution in [0.5, 0.6) is 0 Å². The third-order valence-corrected chi connectivity index (χ3v) is 4.19. The maximum Gasteiger partial charge on any atom is 0.135 e. The molecule has 1 heterocycles. The fourth-order valence-corrected chi connectivity index (χ4v) is 2.85. The molecule has 0 radical (unpaired) electrons. The summed E-state index contributed by atoms with van der Waals surface area (Å²) in [5.41, 5.74) is 4.02. The molecule has 1 aromatic carbocycles. The Balaban J connectivity index is 2.23. The predicted molar refractivity (Wildman–Crippen MR) is 87.1 cm³/mol. The van der Waals surface area contributed by atoms with Crippen molar-refractivity contribution >= 4 is 15.9 Å². The lowest BCUT2D eigenvalue weighted by Crippen LogP contribution is -2.24. The van der Waals surface area contributed by atoms with Crippen LogP contribution in [0.25, 0.3) is 0 Å². The zero-order valence-electron chi connectivity index (χ0n) is 12.4. The van der Waals surface area contributed by atoms with Crippen LogP contribution in [0.4, 0.5) is 0 Å². The van der Waals surface area contributed by atoms with Crippen LogP contribution >= 0.6 is 15.9 Å². The number of rotatable bonds is 6. The van der Waals surface area contributed by atoms with E-state index in [9.17, 15) is 0 Å². The normalized spacial score (nSPS) is 12.6. The summed E-state index contributed by atoms with van der Waals surface area (Å²) < 4.78 is 6.69. The molecule has 1 unspecified atom stereocenters. The zero-order chi connectivity index (χ0) is 14.5.